The van der Waals surface area contributed by atoms with Crippen molar-refractivity contribution in [3.8, 4) is 11.5 Å². The van der Waals surface area contributed by atoms with E-state index >= 15 is 0 Å². The van der Waals surface area contributed by atoms with Crippen LogP contribution in [0, 0.1) is 5.92 Å². The fraction of sp³-hybridized carbons (Fsp3) is 0.526. The summed E-state index contributed by atoms with van der Waals surface area (Å²) in [7, 11) is 5.01. The molecule has 0 unspecified atom stereocenters. The van der Waals surface area contributed by atoms with Crippen molar-refractivity contribution in [3.63, 3.8) is 0 Å². The lowest BCUT2D eigenvalue weighted by atomic mass is 9.97. The van der Waals surface area contributed by atoms with Crippen LogP contribution in [0.25, 0.3) is 0 Å². The number of fused-ring (bicyclic) bond motifs is 1. The van der Waals surface area contributed by atoms with Crippen LogP contribution in [0.1, 0.15) is 24.7 Å². The minimum Gasteiger partial charge on any atom is -0.493 e. The molecule has 2 aromatic rings. The van der Waals surface area contributed by atoms with Crippen LogP contribution >= 0.6 is 0 Å². The van der Waals surface area contributed by atoms with Gasteiger partial charge in [-0.05, 0) is 19.4 Å². The topological polar surface area (TPSA) is 78.6 Å². The van der Waals surface area contributed by atoms with Crippen molar-refractivity contribution in [2.75, 3.05) is 20.8 Å². The molecule has 8 nitrogen and oxygen atoms in total. The van der Waals surface area contributed by atoms with Gasteiger partial charge in [0.05, 0.1) is 19.6 Å². The van der Waals surface area contributed by atoms with Gasteiger partial charge < -0.3 is 14.4 Å². The van der Waals surface area contributed by atoms with Gasteiger partial charge in [0.25, 0.3) is 0 Å². The summed E-state index contributed by atoms with van der Waals surface area (Å²) in [6.07, 6.45) is 1.32. The average Bonchev–Trinajstić information content (AvgIpc) is 2.96. The predicted molar refractivity (Wildman–Crippen MR) is 99.9 cm³/mol. The maximum absolute atomic E-state index is 13.0. The fourth-order valence-corrected chi connectivity index (χ4v) is 3.54. The Bertz CT molecular complexity index is 886. The number of rotatable bonds is 6. The lowest BCUT2D eigenvalue weighted by molar-refractivity contribution is -0.135. The molecule has 0 saturated carbocycles. The van der Waals surface area contributed by atoms with E-state index in [0.29, 0.717) is 44.0 Å². The van der Waals surface area contributed by atoms with E-state index in [1.807, 2.05) is 25.1 Å². The van der Waals surface area contributed by atoms with Gasteiger partial charge in [0.2, 0.25) is 5.91 Å². The molecular formula is C19H26N4O4. The second-order valence-corrected chi connectivity index (χ2v) is 6.74. The molecule has 0 fully saturated rings. The largest absolute Gasteiger partial charge is 0.493 e. The molecule has 1 aliphatic rings. The van der Waals surface area contributed by atoms with Crippen molar-refractivity contribution in [2.24, 2.45) is 13.0 Å². The second kappa shape index (κ2) is 7.85. The van der Waals surface area contributed by atoms with E-state index < -0.39 is 0 Å². The molecule has 146 valence electrons. The Labute approximate surface area is 158 Å². The maximum Gasteiger partial charge on any atom is 0.345 e. The number of para-hydroxylation sites is 1. The second-order valence-electron chi connectivity index (χ2n) is 6.74. The number of amides is 1. The van der Waals surface area contributed by atoms with Crippen molar-refractivity contribution in [2.45, 2.75) is 32.9 Å². The van der Waals surface area contributed by atoms with E-state index in [1.54, 1.807) is 30.7 Å². The van der Waals surface area contributed by atoms with Crippen LogP contribution in [0.4, 0.5) is 0 Å². The first-order valence-electron chi connectivity index (χ1n) is 9.12. The molecule has 1 aromatic heterocycles. The molecular weight excluding hydrogens is 348 g/mol. The van der Waals surface area contributed by atoms with Crippen LogP contribution in [-0.2, 0) is 31.4 Å². The Kier molecular flexibility index (Phi) is 5.53. The first-order chi connectivity index (χ1) is 13.0. The Morgan fingerprint density at radius 1 is 1.41 bits per heavy atom. The van der Waals surface area contributed by atoms with Gasteiger partial charge in [-0.15, -0.1) is 0 Å². The van der Waals surface area contributed by atoms with Gasteiger partial charge in [-0.3, -0.25) is 9.36 Å². The number of carbonyl (C=O) groups excluding carboxylic acids is 1. The molecule has 1 amide bonds. The molecule has 3 rings (SSSR count). The van der Waals surface area contributed by atoms with Crippen LogP contribution in [0.5, 0.6) is 11.5 Å². The summed E-state index contributed by atoms with van der Waals surface area (Å²) in [5.74, 6) is 1.85. The lowest BCUT2D eigenvalue weighted by Gasteiger charge is -2.27. The molecule has 1 aromatic carbocycles. The average molecular weight is 374 g/mol. The number of ether oxygens (including phenoxy) is 2. The summed E-state index contributed by atoms with van der Waals surface area (Å²) in [6, 6.07) is 5.66. The van der Waals surface area contributed by atoms with Crippen molar-refractivity contribution in [1.82, 2.24) is 19.2 Å². The normalized spacial score (nSPS) is 15.9. The van der Waals surface area contributed by atoms with Crippen molar-refractivity contribution in [3.05, 3.63) is 40.1 Å². The summed E-state index contributed by atoms with van der Waals surface area (Å²) in [5, 5.41) is 4.22. The number of nitrogens with zero attached hydrogens (tertiary/aromatic N) is 4. The first-order valence-corrected chi connectivity index (χ1v) is 9.12. The van der Waals surface area contributed by atoms with E-state index in [2.05, 4.69) is 5.10 Å². The Hall–Kier alpha value is -2.77. The minimum absolute atomic E-state index is 0.0154. The van der Waals surface area contributed by atoms with Crippen molar-refractivity contribution in [1.29, 1.82) is 0 Å². The van der Waals surface area contributed by atoms with Crippen LogP contribution in [0.15, 0.2) is 23.0 Å². The summed E-state index contributed by atoms with van der Waals surface area (Å²) >= 11 is 0. The molecule has 0 bridgehead atoms. The van der Waals surface area contributed by atoms with Gasteiger partial charge in [-0.1, -0.05) is 12.1 Å². The number of aryl methyl sites for hydroxylation is 2. The standard InChI is InChI=1S/C19H26N4O4/c1-5-27-17-13(7-6-8-15(17)26-4)11-21(2)18(24)14-9-10-16-20-22(3)19(25)23(16)12-14/h6-8,14H,5,9-12H2,1-4H3/t14-/m1/s1. The molecule has 2 heterocycles. The van der Waals surface area contributed by atoms with E-state index in [4.69, 9.17) is 9.47 Å². The molecule has 0 N–H and O–H groups in total. The van der Waals surface area contributed by atoms with E-state index in [1.165, 1.54) is 4.68 Å². The highest BCUT2D eigenvalue weighted by atomic mass is 16.5. The van der Waals surface area contributed by atoms with Gasteiger partial charge in [0.1, 0.15) is 5.82 Å². The lowest BCUT2D eigenvalue weighted by Crippen LogP contribution is -2.39. The van der Waals surface area contributed by atoms with Gasteiger partial charge in [0.15, 0.2) is 11.5 Å². The summed E-state index contributed by atoms with van der Waals surface area (Å²) in [5.41, 5.74) is 0.721. The van der Waals surface area contributed by atoms with Crippen LogP contribution < -0.4 is 15.2 Å². The molecule has 27 heavy (non-hydrogen) atoms. The molecule has 0 spiro atoms. The summed E-state index contributed by atoms with van der Waals surface area (Å²) < 4.78 is 14.0. The molecule has 1 aliphatic heterocycles. The third kappa shape index (κ3) is 3.70. The number of hydrogen-bond donors (Lipinski definition) is 0. The molecule has 0 saturated heterocycles. The monoisotopic (exact) mass is 374 g/mol. The fourth-order valence-electron chi connectivity index (χ4n) is 3.54. The highest BCUT2D eigenvalue weighted by Gasteiger charge is 2.30. The van der Waals surface area contributed by atoms with Crippen molar-refractivity contribution < 1.29 is 14.3 Å². The zero-order chi connectivity index (χ0) is 19.6. The van der Waals surface area contributed by atoms with E-state index in [0.717, 1.165) is 11.4 Å². The van der Waals surface area contributed by atoms with Crippen molar-refractivity contribution >= 4 is 5.91 Å². The first kappa shape index (κ1) is 19.0. The molecule has 8 heteroatoms. The van der Waals surface area contributed by atoms with Crippen LogP contribution in [-0.4, -0.2) is 45.9 Å². The highest BCUT2D eigenvalue weighted by Crippen LogP contribution is 2.32. The number of methoxy groups -OCH3 is 1. The zero-order valence-electron chi connectivity index (χ0n) is 16.3. The Balaban J connectivity index is 1.75. The van der Waals surface area contributed by atoms with Crippen LogP contribution in [0.3, 0.4) is 0 Å². The number of carbonyl (C=O) groups is 1. The highest BCUT2D eigenvalue weighted by molar-refractivity contribution is 5.78. The van der Waals surface area contributed by atoms with Gasteiger partial charge >= 0.3 is 5.69 Å². The zero-order valence-corrected chi connectivity index (χ0v) is 16.3. The van der Waals surface area contributed by atoms with Gasteiger partial charge in [-0.2, -0.15) is 5.10 Å². The number of benzene rings is 1. The minimum atomic E-state index is -0.231. The molecule has 0 aliphatic carbocycles. The maximum atomic E-state index is 13.0. The number of hydrogen-bond acceptors (Lipinski definition) is 5. The summed E-state index contributed by atoms with van der Waals surface area (Å²) in [6.45, 7) is 3.22. The Morgan fingerprint density at radius 3 is 2.89 bits per heavy atom. The third-order valence-electron chi connectivity index (χ3n) is 4.91. The quantitative estimate of drug-likeness (QED) is 0.759. The predicted octanol–water partition coefficient (Wildman–Crippen LogP) is 1.21. The van der Waals surface area contributed by atoms with E-state index in [9.17, 15) is 9.59 Å². The van der Waals surface area contributed by atoms with Gasteiger partial charge in [-0.25, -0.2) is 9.48 Å². The smallest absolute Gasteiger partial charge is 0.345 e. The SMILES string of the molecule is CCOc1c(CN(C)C(=O)[C@@H]2CCc3nn(C)c(=O)n3C2)cccc1OC. The van der Waals surface area contributed by atoms with E-state index in [-0.39, 0.29) is 17.5 Å². The number of aromatic nitrogens is 3. The van der Waals surface area contributed by atoms with Crippen LogP contribution in [0.2, 0.25) is 0 Å². The van der Waals surface area contributed by atoms with Gasteiger partial charge in [0, 0.05) is 39.2 Å². The Morgan fingerprint density at radius 2 is 2.19 bits per heavy atom. The summed E-state index contributed by atoms with van der Waals surface area (Å²) in [4.78, 5) is 26.8. The third-order valence-corrected chi connectivity index (χ3v) is 4.91. The molecule has 1 atom stereocenters. The molecule has 0 radical (unpaired) electrons.